The van der Waals surface area contributed by atoms with Gasteiger partial charge in [0.1, 0.15) is 0 Å². The smallest absolute Gasteiger partial charge is 0.238 e. The number of nitrogens with zero attached hydrogens (tertiary/aromatic N) is 12. The average Bonchev–Trinajstić information content (AvgIpc) is 1.57. The van der Waals surface area contributed by atoms with Crippen molar-refractivity contribution in [2.75, 3.05) is 0 Å². The van der Waals surface area contributed by atoms with Crippen molar-refractivity contribution in [1.29, 1.82) is 0 Å². The molecule has 0 unspecified atom stereocenters. The van der Waals surface area contributed by atoms with Crippen molar-refractivity contribution in [3.63, 3.8) is 0 Å². The van der Waals surface area contributed by atoms with Crippen LogP contribution in [0.3, 0.4) is 0 Å². The zero-order valence-corrected chi connectivity index (χ0v) is 73.1. The molecule has 0 bridgehead atoms. The molecule has 9 heterocycles. The van der Waals surface area contributed by atoms with Crippen molar-refractivity contribution < 1.29 is 0 Å². The van der Waals surface area contributed by atoms with Crippen molar-refractivity contribution >= 4 is 160 Å². The SMILES string of the molecule is c1ccc(-c2ccc(-c3nc(-c4ccccc4)nc(-n4c5ccccc5c5ccc6c7ccccc7sc6c54)n3)cc2)cc1.c1ccc(-c2nc(-c3ccccc3)nc(-c3ccc(-c4ccccc4-n4c5ccccc5c5ccc6c7ccccc7sc6c54)cc3)n2)cc1.c1ccc(-c2nc(-c3ccccc3)nc(-n3c4ccccc4c4ccc5c6ccccc6sc5c43)n2)cc1. The molecule has 0 fully saturated rings. The molecule has 0 radical (unpaired) electrons. The fourth-order valence-corrected chi connectivity index (χ4v) is 22.4. The number of para-hydroxylation sites is 4. The van der Waals surface area contributed by atoms with E-state index in [1.165, 1.54) is 109 Å². The van der Waals surface area contributed by atoms with Gasteiger partial charge in [0, 0.05) is 123 Å². The van der Waals surface area contributed by atoms with Crippen LogP contribution in [0.15, 0.2) is 437 Å². The Bertz CT molecular complexity index is 9020. The van der Waals surface area contributed by atoms with Crippen LogP contribution in [0, 0.1) is 0 Å². The fraction of sp³-hybridized carbons (Fsp3) is 0. The Morgan fingerprint density at radius 1 is 0.152 bits per heavy atom. The van der Waals surface area contributed by atoms with Crippen molar-refractivity contribution in [2.24, 2.45) is 0 Å². The van der Waals surface area contributed by atoms with Gasteiger partial charge in [-0.25, -0.2) is 24.9 Å². The second-order valence-electron chi connectivity index (χ2n) is 32.6. The van der Waals surface area contributed by atoms with Crippen LogP contribution in [0.2, 0.25) is 0 Å². The maximum Gasteiger partial charge on any atom is 0.238 e. The number of hydrogen-bond donors (Lipinski definition) is 0. The molecule has 0 atom stereocenters. The van der Waals surface area contributed by atoms with Gasteiger partial charge < -0.3 is 4.57 Å². The molecule has 132 heavy (non-hydrogen) atoms. The largest absolute Gasteiger partial charge is 0.307 e. The maximum absolute atomic E-state index is 5.18. The third-order valence-electron chi connectivity index (χ3n) is 24.8. The van der Waals surface area contributed by atoms with E-state index >= 15 is 0 Å². The maximum atomic E-state index is 5.18. The molecule has 12 nitrogen and oxygen atoms in total. The summed E-state index contributed by atoms with van der Waals surface area (Å²) in [7, 11) is 0. The predicted octanol–water partition coefficient (Wildman–Crippen LogP) is 31.0. The standard InChI is InChI=1S/C45H28N4S.C39H24N4S.C33H20N4S/c1-3-13-30(14-4-1)43-46-44(31-15-5-2-6-16-31)48-45(47-43)32-25-23-29(24-26-32)33-17-7-10-20-38(33)49-39-21-11-8-18-34(39)36-27-28-37-35-19-9-12-22-40(35)50-42(37)41(36)49;1-3-11-25(12-4-1)26-19-21-28(22-20-26)38-40-37(27-13-5-2-6-14-27)41-39(42-38)43-33-17-9-7-15-29(33)31-23-24-32-30-16-8-10-18-34(30)44-36(32)35(31)43;1-3-11-21(12-4-1)31-34-32(22-13-5-2-6-14-22)36-33(35-31)37-27-17-9-7-15-23(27)25-19-20-26-24-16-8-10-18-28(24)38-30(26)29(25)37/h1-28H;1-24H;1-20H. The van der Waals surface area contributed by atoms with E-state index in [1.807, 2.05) is 180 Å². The lowest BCUT2D eigenvalue weighted by Crippen LogP contribution is -2.06. The van der Waals surface area contributed by atoms with Gasteiger partial charge in [0.05, 0.1) is 52.9 Å². The van der Waals surface area contributed by atoms with E-state index < -0.39 is 0 Å². The summed E-state index contributed by atoms with van der Waals surface area (Å²) in [5.74, 6) is 5.78. The first kappa shape index (κ1) is 77.4. The van der Waals surface area contributed by atoms with Crippen molar-refractivity contribution in [1.82, 2.24) is 58.6 Å². The molecule has 15 heteroatoms. The van der Waals surface area contributed by atoms with Gasteiger partial charge in [0.15, 0.2) is 40.8 Å². The molecule has 0 aliphatic heterocycles. The van der Waals surface area contributed by atoms with E-state index in [1.54, 1.807) is 0 Å². The van der Waals surface area contributed by atoms with Gasteiger partial charge in [-0.05, 0) is 59.2 Å². The molecule has 618 valence electrons. The molecule has 0 amide bonds. The normalized spacial score (nSPS) is 11.6. The highest BCUT2D eigenvalue weighted by Crippen LogP contribution is 2.48. The summed E-state index contributed by atoms with van der Waals surface area (Å²) in [5, 5.41) is 14.9. The summed E-state index contributed by atoms with van der Waals surface area (Å²) in [4.78, 5) is 45.2. The number of hydrogen-bond acceptors (Lipinski definition) is 12. The van der Waals surface area contributed by atoms with E-state index in [2.05, 4.69) is 305 Å². The van der Waals surface area contributed by atoms with Gasteiger partial charge in [-0.1, -0.05) is 394 Å². The summed E-state index contributed by atoms with van der Waals surface area (Å²) in [6, 6.07) is 152. The van der Waals surface area contributed by atoms with Crippen LogP contribution < -0.4 is 0 Å². The second kappa shape index (κ2) is 32.7. The first-order chi connectivity index (χ1) is 65.5. The van der Waals surface area contributed by atoms with E-state index in [4.69, 9.17) is 44.9 Å². The number of rotatable bonds is 12. The molecule has 0 N–H and O–H groups in total. The molecule has 0 saturated heterocycles. The first-order valence-electron chi connectivity index (χ1n) is 43.9. The van der Waals surface area contributed by atoms with E-state index in [9.17, 15) is 0 Å². The van der Waals surface area contributed by atoms with Gasteiger partial charge in [0.2, 0.25) is 11.9 Å². The van der Waals surface area contributed by atoms with Crippen LogP contribution in [0.25, 0.3) is 245 Å². The van der Waals surface area contributed by atoms with Crippen LogP contribution in [0.4, 0.5) is 0 Å². The third-order valence-corrected chi connectivity index (χ3v) is 28.4. The van der Waals surface area contributed by atoms with Crippen LogP contribution in [0.1, 0.15) is 0 Å². The topological polar surface area (TPSA) is 131 Å². The lowest BCUT2D eigenvalue weighted by molar-refractivity contribution is 0.955. The molecule has 18 aromatic carbocycles. The van der Waals surface area contributed by atoms with E-state index in [-0.39, 0.29) is 0 Å². The summed E-state index contributed by atoms with van der Waals surface area (Å²) >= 11 is 5.52. The molecular weight excluding hydrogens is 1670 g/mol. The van der Waals surface area contributed by atoms with Crippen molar-refractivity contribution in [2.45, 2.75) is 0 Å². The van der Waals surface area contributed by atoms with Crippen LogP contribution in [-0.2, 0) is 0 Å². The van der Waals surface area contributed by atoms with Gasteiger partial charge in [-0.2, -0.15) is 19.9 Å². The minimum absolute atomic E-state index is 0.608. The number of benzene rings is 18. The number of thiophene rings is 3. The summed E-state index contributed by atoms with van der Waals surface area (Å²) in [6.45, 7) is 0. The monoisotopic (exact) mass is 1740 g/mol. The third kappa shape index (κ3) is 13.6. The quantitative estimate of drug-likeness (QED) is 0.117. The summed E-state index contributed by atoms with van der Waals surface area (Å²) in [5.41, 5.74) is 19.3. The van der Waals surface area contributed by atoms with Gasteiger partial charge in [-0.15, -0.1) is 34.0 Å². The highest BCUT2D eigenvalue weighted by atomic mass is 32.1. The van der Waals surface area contributed by atoms with Crippen molar-refractivity contribution in [3.05, 3.63) is 437 Å². The predicted molar refractivity (Wildman–Crippen MR) is 550 cm³/mol. The Morgan fingerprint density at radius 3 is 0.720 bits per heavy atom. The Morgan fingerprint density at radius 2 is 0.379 bits per heavy atom. The molecule has 0 aliphatic carbocycles. The number of fused-ring (bicyclic) bond motifs is 21. The molecular formula is C117H72N12S3. The minimum atomic E-state index is 0.608. The molecule has 27 rings (SSSR count). The minimum Gasteiger partial charge on any atom is -0.307 e. The molecule has 27 aromatic rings. The van der Waals surface area contributed by atoms with Gasteiger partial charge in [-0.3, -0.25) is 9.13 Å². The fourth-order valence-electron chi connectivity index (χ4n) is 18.7. The van der Waals surface area contributed by atoms with E-state index in [0.717, 1.165) is 83.4 Å². The molecule has 0 spiro atoms. The zero-order chi connectivity index (χ0) is 87.1. The summed E-state index contributed by atoms with van der Waals surface area (Å²) in [6.07, 6.45) is 0. The Labute approximate surface area is 769 Å². The van der Waals surface area contributed by atoms with Gasteiger partial charge in [0.25, 0.3) is 0 Å². The van der Waals surface area contributed by atoms with Crippen LogP contribution in [0.5, 0.6) is 0 Å². The Hall–Kier alpha value is -17.0. The Balaban J connectivity index is 0.000000107. The second-order valence-corrected chi connectivity index (χ2v) is 35.8. The highest BCUT2D eigenvalue weighted by molar-refractivity contribution is 7.27. The van der Waals surface area contributed by atoms with Crippen molar-refractivity contribution in [3.8, 4) is 120 Å². The lowest BCUT2D eigenvalue weighted by atomic mass is 10.0. The zero-order valence-electron chi connectivity index (χ0n) is 70.7. The molecule has 0 aliphatic rings. The summed E-state index contributed by atoms with van der Waals surface area (Å²) < 4.78 is 14.6. The Kier molecular flexibility index (Phi) is 19.2. The lowest BCUT2D eigenvalue weighted by Gasteiger charge is -2.15. The first-order valence-corrected chi connectivity index (χ1v) is 46.3. The molecule has 0 saturated carbocycles. The average molecular weight is 1740 g/mol. The van der Waals surface area contributed by atoms with Crippen LogP contribution in [-0.4, -0.2) is 58.6 Å². The van der Waals surface area contributed by atoms with E-state index in [0.29, 0.717) is 52.7 Å². The van der Waals surface area contributed by atoms with Crippen LogP contribution >= 0.6 is 34.0 Å². The van der Waals surface area contributed by atoms with Gasteiger partial charge >= 0.3 is 0 Å². The molecule has 9 aromatic heterocycles. The number of aromatic nitrogens is 12. The highest BCUT2D eigenvalue weighted by Gasteiger charge is 2.27.